The zero-order valence-corrected chi connectivity index (χ0v) is 10.5. The van der Waals surface area contributed by atoms with Crippen molar-refractivity contribution in [2.75, 3.05) is 17.2 Å². The lowest BCUT2D eigenvalue weighted by Crippen LogP contribution is -2.31. The number of pyridine rings is 1. The molecule has 1 aromatic carbocycles. The van der Waals surface area contributed by atoms with Crippen molar-refractivity contribution in [3.63, 3.8) is 0 Å². The van der Waals surface area contributed by atoms with Gasteiger partial charge in [-0.1, -0.05) is 6.07 Å². The van der Waals surface area contributed by atoms with Gasteiger partial charge in [0.1, 0.15) is 11.5 Å². The van der Waals surface area contributed by atoms with Gasteiger partial charge in [0.2, 0.25) is 0 Å². The van der Waals surface area contributed by atoms with Crippen molar-refractivity contribution in [2.45, 2.75) is 6.92 Å². The molecule has 0 fully saturated rings. The molecule has 0 aliphatic rings. The maximum Gasteiger partial charge on any atom is 0.276 e. The molecule has 0 aliphatic heterocycles. The van der Waals surface area contributed by atoms with E-state index in [0.29, 0.717) is 17.9 Å². The van der Waals surface area contributed by atoms with Crippen LogP contribution in [0.4, 0.5) is 15.8 Å². The molecule has 0 aliphatic carbocycles. The molecule has 0 spiro atoms. The van der Waals surface area contributed by atoms with Crippen molar-refractivity contribution in [3.05, 3.63) is 54.1 Å². The SMILES string of the molecule is CCN(C(=O)c1ccc(F)cn1)c1cccc(N)c1. The number of anilines is 2. The number of nitrogens with two attached hydrogens (primary N) is 1. The molecular weight excluding hydrogens is 245 g/mol. The van der Waals surface area contributed by atoms with Crippen molar-refractivity contribution in [1.82, 2.24) is 4.98 Å². The minimum atomic E-state index is -0.469. The molecule has 0 saturated heterocycles. The Morgan fingerprint density at radius 3 is 2.74 bits per heavy atom. The molecular formula is C14H14FN3O. The largest absolute Gasteiger partial charge is 0.399 e. The van der Waals surface area contributed by atoms with Crippen molar-refractivity contribution in [1.29, 1.82) is 0 Å². The average molecular weight is 259 g/mol. The lowest BCUT2D eigenvalue weighted by atomic mass is 10.2. The van der Waals surface area contributed by atoms with Gasteiger partial charge < -0.3 is 10.6 Å². The number of carbonyl (C=O) groups excluding carboxylic acids is 1. The van der Waals surface area contributed by atoms with Gasteiger partial charge >= 0.3 is 0 Å². The lowest BCUT2D eigenvalue weighted by Gasteiger charge is -2.20. The van der Waals surface area contributed by atoms with Crippen LogP contribution in [0, 0.1) is 5.82 Å². The smallest absolute Gasteiger partial charge is 0.276 e. The Morgan fingerprint density at radius 2 is 2.16 bits per heavy atom. The lowest BCUT2D eigenvalue weighted by molar-refractivity contribution is 0.0983. The minimum Gasteiger partial charge on any atom is -0.399 e. The van der Waals surface area contributed by atoms with Crippen LogP contribution in [-0.2, 0) is 0 Å². The number of halogens is 1. The minimum absolute atomic E-state index is 0.200. The first-order chi connectivity index (χ1) is 9.11. The Bertz CT molecular complexity index is 583. The Kier molecular flexibility index (Phi) is 3.75. The Balaban J connectivity index is 2.31. The van der Waals surface area contributed by atoms with Crippen molar-refractivity contribution >= 4 is 17.3 Å². The summed E-state index contributed by atoms with van der Waals surface area (Å²) in [5, 5.41) is 0. The first kappa shape index (κ1) is 13.0. The number of hydrogen-bond donors (Lipinski definition) is 1. The number of benzene rings is 1. The molecule has 0 unspecified atom stereocenters. The Morgan fingerprint density at radius 1 is 1.37 bits per heavy atom. The van der Waals surface area contributed by atoms with E-state index in [4.69, 9.17) is 5.73 Å². The van der Waals surface area contributed by atoms with E-state index in [1.54, 1.807) is 24.3 Å². The van der Waals surface area contributed by atoms with Gasteiger partial charge in [-0.3, -0.25) is 4.79 Å². The summed E-state index contributed by atoms with van der Waals surface area (Å²) in [6, 6.07) is 9.61. The highest BCUT2D eigenvalue weighted by Crippen LogP contribution is 2.19. The van der Waals surface area contributed by atoms with Gasteiger partial charge in [0.25, 0.3) is 5.91 Å². The summed E-state index contributed by atoms with van der Waals surface area (Å²) in [6.45, 7) is 2.33. The van der Waals surface area contributed by atoms with E-state index in [1.807, 2.05) is 6.92 Å². The van der Waals surface area contributed by atoms with E-state index >= 15 is 0 Å². The second-order valence-electron chi connectivity index (χ2n) is 4.01. The molecule has 5 heteroatoms. The molecule has 0 saturated carbocycles. The highest BCUT2D eigenvalue weighted by atomic mass is 19.1. The van der Waals surface area contributed by atoms with Crippen molar-refractivity contribution < 1.29 is 9.18 Å². The monoisotopic (exact) mass is 259 g/mol. The summed E-state index contributed by atoms with van der Waals surface area (Å²) in [4.78, 5) is 17.6. The number of amides is 1. The third-order valence-electron chi connectivity index (χ3n) is 2.69. The van der Waals surface area contributed by atoms with Crippen molar-refractivity contribution in [2.24, 2.45) is 0 Å². The number of aromatic nitrogens is 1. The fourth-order valence-electron chi connectivity index (χ4n) is 1.78. The van der Waals surface area contributed by atoms with Gasteiger partial charge in [0.05, 0.1) is 6.20 Å². The van der Waals surface area contributed by atoms with Gasteiger partial charge in [-0.15, -0.1) is 0 Å². The quantitative estimate of drug-likeness (QED) is 0.861. The number of nitrogen functional groups attached to an aromatic ring is 1. The highest BCUT2D eigenvalue weighted by molar-refractivity contribution is 6.04. The maximum atomic E-state index is 12.8. The number of nitrogens with zero attached hydrogens (tertiary/aromatic N) is 2. The molecule has 2 rings (SSSR count). The summed E-state index contributed by atoms with van der Waals surface area (Å²) < 4.78 is 12.8. The fourth-order valence-corrected chi connectivity index (χ4v) is 1.78. The number of carbonyl (C=O) groups is 1. The first-order valence-corrected chi connectivity index (χ1v) is 5.90. The Labute approximate surface area is 110 Å². The van der Waals surface area contributed by atoms with E-state index in [-0.39, 0.29) is 11.6 Å². The summed E-state index contributed by atoms with van der Waals surface area (Å²) in [5.74, 6) is -0.753. The number of rotatable bonds is 3. The van der Waals surface area contributed by atoms with Crippen LogP contribution in [0.25, 0.3) is 0 Å². The van der Waals surface area contributed by atoms with Crippen LogP contribution in [0.1, 0.15) is 17.4 Å². The van der Waals surface area contributed by atoms with E-state index < -0.39 is 5.82 Å². The zero-order chi connectivity index (χ0) is 13.8. The molecule has 1 amide bonds. The van der Waals surface area contributed by atoms with E-state index in [2.05, 4.69) is 4.98 Å². The summed E-state index contributed by atoms with van der Waals surface area (Å²) in [7, 11) is 0. The van der Waals surface area contributed by atoms with Gasteiger partial charge in [0, 0.05) is 17.9 Å². The zero-order valence-electron chi connectivity index (χ0n) is 10.5. The Hall–Kier alpha value is -2.43. The summed E-state index contributed by atoms with van der Waals surface area (Å²) >= 11 is 0. The second-order valence-corrected chi connectivity index (χ2v) is 4.01. The number of hydrogen-bond acceptors (Lipinski definition) is 3. The van der Waals surface area contributed by atoms with Crippen LogP contribution in [0.15, 0.2) is 42.6 Å². The van der Waals surface area contributed by atoms with Gasteiger partial charge in [-0.05, 0) is 37.3 Å². The third kappa shape index (κ3) is 2.88. The predicted molar refractivity (Wildman–Crippen MR) is 72.4 cm³/mol. The topological polar surface area (TPSA) is 59.2 Å². The van der Waals surface area contributed by atoms with Gasteiger partial charge in [-0.25, -0.2) is 9.37 Å². The third-order valence-corrected chi connectivity index (χ3v) is 2.69. The molecule has 4 nitrogen and oxygen atoms in total. The van der Waals surface area contributed by atoms with E-state index in [1.165, 1.54) is 17.0 Å². The van der Waals surface area contributed by atoms with Gasteiger partial charge in [0.15, 0.2) is 0 Å². The predicted octanol–water partition coefficient (Wildman–Crippen LogP) is 2.47. The van der Waals surface area contributed by atoms with Crippen LogP contribution in [0.3, 0.4) is 0 Å². The van der Waals surface area contributed by atoms with Crippen molar-refractivity contribution in [3.8, 4) is 0 Å². The normalized spacial score (nSPS) is 10.2. The first-order valence-electron chi connectivity index (χ1n) is 5.90. The highest BCUT2D eigenvalue weighted by Gasteiger charge is 2.17. The van der Waals surface area contributed by atoms with Crippen LogP contribution in [0.5, 0.6) is 0 Å². The second kappa shape index (κ2) is 5.48. The molecule has 0 atom stereocenters. The van der Waals surface area contributed by atoms with Crippen LogP contribution < -0.4 is 10.6 Å². The van der Waals surface area contributed by atoms with E-state index in [0.717, 1.165) is 6.20 Å². The molecule has 1 heterocycles. The standard InChI is InChI=1S/C14H14FN3O/c1-2-18(12-5-3-4-11(16)8-12)14(19)13-7-6-10(15)9-17-13/h3-9H,2,16H2,1H3. The summed E-state index contributed by atoms with van der Waals surface area (Å²) in [5.41, 5.74) is 7.18. The average Bonchev–Trinajstić information content (AvgIpc) is 2.40. The molecule has 0 radical (unpaired) electrons. The fraction of sp³-hybridized carbons (Fsp3) is 0.143. The molecule has 2 N–H and O–H groups in total. The summed E-state index contributed by atoms with van der Waals surface area (Å²) in [6.07, 6.45) is 1.03. The molecule has 98 valence electrons. The maximum absolute atomic E-state index is 12.8. The van der Waals surface area contributed by atoms with Gasteiger partial charge in [-0.2, -0.15) is 0 Å². The van der Waals surface area contributed by atoms with Crippen LogP contribution in [-0.4, -0.2) is 17.4 Å². The molecule has 2 aromatic rings. The van der Waals surface area contributed by atoms with Crippen LogP contribution >= 0.6 is 0 Å². The molecule has 0 bridgehead atoms. The van der Waals surface area contributed by atoms with Crippen LogP contribution in [0.2, 0.25) is 0 Å². The molecule has 1 aromatic heterocycles. The molecule has 19 heavy (non-hydrogen) atoms. The van der Waals surface area contributed by atoms with E-state index in [9.17, 15) is 9.18 Å².